The molecule has 0 heterocycles. The monoisotopic (exact) mass is 1450 g/mol. The molecule has 36 heteroatoms. The van der Waals surface area contributed by atoms with Crippen LogP contribution in [0.5, 0.6) is 5.75 Å². The number of carbonyl (C=O) groups excluding carboxylic acids is 12. The third-order valence-electron chi connectivity index (χ3n) is 16.7. The highest BCUT2D eigenvalue weighted by Gasteiger charge is 2.37. The molecule has 2 rings (SSSR count). The molecule has 0 unspecified atom stereocenters. The molecule has 13 atom stereocenters. The van der Waals surface area contributed by atoms with Gasteiger partial charge in [0.25, 0.3) is 0 Å². The number of carboxylic acids is 3. The number of aliphatic carboxylic acids is 3. The van der Waals surface area contributed by atoms with E-state index in [1.54, 1.807) is 58.0 Å². The number of carboxylic acid groups (broad SMARTS) is 3. The summed E-state index contributed by atoms with van der Waals surface area (Å²) in [5.74, 6) is -16.8. The average Bonchev–Trinajstić information content (AvgIpc) is 0.849. The van der Waals surface area contributed by atoms with Crippen LogP contribution in [0.3, 0.4) is 0 Å². The smallest absolute Gasteiger partial charge is 0.326 e. The lowest BCUT2D eigenvalue weighted by atomic mass is 9.96. The van der Waals surface area contributed by atoms with E-state index in [1.807, 2.05) is 0 Å². The van der Waals surface area contributed by atoms with E-state index in [9.17, 15) is 92.3 Å². The van der Waals surface area contributed by atoms with Gasteiger partial charge in [-0.25, -0.2) is 4.79 Å². The number of carbonyl (C=O) groups is 15. The Morgan fingerprint density at radius 3 is 1.30 bits per heavy atom. The molecule has 12 amide bonds. The summed E-state index contributed by atoms with van der Waals surface area (Å²) in [4.78, 5) is 200. The highest BCUT2D eigenvalue weighted by molar-refractivity contribution is 5.99. The first-order valence-electron chi connectivity index (χ1n) is 34.3. The van der Waals surface area contributed by atoms with Crippen LogP contribution >= 0.6 is 0 Å². The summed E-state index contributed by atoms with van der Waals surface area (Å²) in [5, 5.41) is 78.5. The molecule has 0 fully saturated rings. The van der Waals surface area contributed by atoms with Crippen LogP contribution in [0, 0.1) is 11.8 Å². The zero-order valence-corrected chi connectivity index (χ0v) is 58.9. The number of rotatable bonds is 51. The first kappa shape index (κ1) is 89.2. The van der Waals surface area contributed by atoms with Crippen molar-refractivity contribution in [2.45, 2.75) is 204 Å². The van der Waals surface area contributed by atoms with E-state index < -0.39 is 206 Å². The van der Waals surface area contributed by atoms with Gasteiger partial charge in [-0.2, -0.15) is 0 Å². The van der Waals surface area contributed by atoms with Gasteiger partial charge >= 0.3 is 17.9 Å². The fraction of sp³-hybridized carbons (Fsp3) is 0.597. The maximum absolute atomic E-state index is 14.6. The number of hydrogen-bond donors (Lipinski definition) is 21. The molecule has 0 aliphatic carbocycles. The third-order valence-corrected chi connectivity index (χ3v) is 16.7. The lowest BCUT2D eigenvalue weighted by molar-refractivity contribution is -0.142. The molecule has 0 radical (unpaired) electrons. The number of nitrogens with two attached hydrogens (primary N) is 4. The van der Waals surface area contributed by atoms with Crippen LogP contribution in [-0.4, -0.2) is 220 Å². The number of phenolic OH excluding ortho intramolecular Hbond substituents is 1. The Labute approximate surface area is 597 Å². The molecule has 0 aromatic heterocycles. The van der Waals surface area contributed by atoms with Crippen molar-refractivity contribution in [2.24, 2.45) is 34.8 Å². The third kappa shape index (κ3) is 34.1. The highest BCUT2D eigenvalue weighted by atomic mass is 16.4. The molecule has 0 spiro atoms. The van der Waals surface area contributed by atoms with Gasteiger partial charge in [-0.1, -0.05) is 83.0 Å². The number of aromatic hydroxyl groups is 1. The maximum Gasteiger partial charge on any atom is 0.326 e. The first-order chi connectivity index (χ1) is 48.8. The van der Waals surface area contributed by atoms with E-state index in [-0.39, 0.29) is 76.8 Å². The molecule has 0 saturated heterocycles. The van der Waals surface area contributed by atoms with Crippen LogP contribution in [0.4, 0.5) is 0 Å². The minimum absolute atomic E-state index is 0.0172. The maximum atomic E-state index is 14.6. The lowest BCUT2D eigenvalue weighted by Gasteiger charge is -2.29. The van der Waals surface area contributed by atoms with Gasteiger partial charge in [0.15, 0.2) is 0 Å². The van der Waals surface area contributed by atoms with E-state index in [0.29, 0.717) is 43.2 Å². The average molecular weight is 1460 g/mol. The SMILES string of the molecule is CC[C@H](C)[C@H](NC(=O)CNC(=O)[C@H](CCCCN)NC(=O)[C@H](CO)NC(=O)[C@H](CCCCN)NC(=O)CNC(=O)[C@@H](N)CC(=O)O)C(=O)N[C@@H](C)C(=O)N[C@@H](Cc1ccc(O)cc1)C(=O)N[C@H](C(=O)N[C@@H](CCC(=O)O)C(=O)N[C@@H](Cc1ccccc1)C(=O)N[C@@H](CCCCN)C(=O)O)[C@@H](C)CC. The van der Waals surface area contributed by atoms with Gasteiger partial charge in [-0.15, -0.1) is 0 Å². The van der Waals surface area contributed by atoms with Crippen molar-refractivity contribution in [3.63, 3.8) is 0 Å². The molecule has 0 bridgehead atoms. The number of unbranched alkanes of at least 4 members (excludes halogenated alkanes) is 3. The Hall–Kier alpha value is -9.91. The second-order valence-corrected chi connectivity index (χ2v) is 25.0. The quantitative estimate of drug-likeness (QED) is 0.0278. The molecule has 36 nitrogen and oxygen atoms in total. The molecule has 103 heavy (non-hydrogen) atoms. The molecule has 0 aliphatic rings. The standard InChI is InChI=1S/C67H106N16O20/c1-6-37(3)55(82-52(87)35-73-59(94)44(19-11-14-28-68)76-64(99)50(36-84)81-60(95)45(20-12-15-29-69)75-51(86)34-72-58(93)43(71)33-54(90)91)65(100)74-39(5)57(92)79-49(32-41-22-24-42(85)25-23-41)63(98)83-56(38(4)7-2)66(101)77-46(26-27-53(88)89)61(96)80-48(31-40-17-9-8-10-18-40)62(97)78-47(67(102)103)21-13-16-30-70/h8-10,17-18,22-25,37-39,43-50,55-56,84-85H,6-7,11-16,19-21,26-36,68-71H2,1-5H3,(H,72,93)(H,73,94)(H,74,100)(H,75,86)(H,76,99)(H,77,101)(H,78,97)(H,79,92)(H,80,96)(H,81,95)(H,82,87)(H,83,98)(H,88,89)(H,90,91)(H,102,103)/t37-,38-,39-,43-,44-,45-,46-,47-,48-,49-,50-,55-,56-/m0/s1. The Morgan fingerprint density at radius 2 is 0.806 bits per heavy atom. The summed E-state index contributed by atoms with van der Waals surface area (Å²) >= 11 is 0. The van der Waals surface area contributed by atoms with Crippen molar-refractivity contribution in [3.05, 3.63) is 65.7 Å². The number of benzene rings is 2. The fourth-order valence-electron chi connectivity index (χ4n) is 10.2. The highest BCUT2D eigenvalue weighted by Crippen LogP contribution is 2.16. The van der Waals surface area contributed by atoms with E-state index >= 15 is 0 Å². The predicted octanol–water partition coefficient (Wildman–Crippen LogP) is -4.50. The molecular weight excluding hydrogens is 1350 g/mol. The summed E-state index contributed by atoms with van der Waals surface area (Å²) in [7, 11) is 0. The van der Waals surface area contributed by atoms with Gasteiger partial charge in [0.1, 0.15) is 66.2 Å². The fourth-order valence-corrected chi connectivity index (χ4v) is 10.2. The van der Waals surface area contributed by atoms with E-state index in [2.05, 4.69) is 63.8 Å². The Bertz CT molecular complexity index is 3130. The molecule has 0 saturated carbocycles. The van der Waals surface area contributed by atoms with Gasteiger partial charge < -0.3 is 112 Å². The van der Waals surface area contributed by atoms with Crippen LogP contribution in [0.25, 0.3) is 0 Å². The first-order valence-corrected chi connectivity index (χ1v) is 34.3. The summed E-state index contributed by atoms with van der Waals surface area (Å²) in [5.41, 5.74) is 23.4. The van der Waals surface area contributed by atoms with Gasteiger partial charge in [0.05, 0.1) is 32.2 Å². The second kappa shape index (κ2) is 48.1. The van der Waals surface area contributed by atoms with Gasteiger partial charge in [0.2, 0.25) is 70.9 Å². The summed E-state index contributed by atoms with van der Waals surface area (Å²) in [6.07, 6.45) is 0.328. The summed E-state index contributed by atoms with van der Waals surface area (Å²) in [6, 6.07) is -2.27. The second-order valence-electron chi connectivity index (χ2n) is 25.0. The zero-order valence-electron chi connectivity index (χ0n) is 58.9. The van der Waals surface area contributed by atoms with Crippen LogP contribution in [0.2, 0.25) is 0 Å². The van der Waals surface area contributed by atoms with Crippen LogP contribution in [0.15, 0.2) is 54.6 Å². The van der Waals surface area contributed by atoms with Crippen molar-refractivity contribution in [3.8, 4) is 5.75 Å². The zero-order chi connectivity index (χ0) is 77.3. The van der Waals surface area contributed by atoms with Crippen molar-refractivity contribution >= 4 is 88.8 Å². The Morgan fingerprint density at radius 1 is 0.408 bits per heavy atom. The molecule has 25 N–H and O–H groups in total. The molecular formula is C67H106N16O20. The number of hydrogen-bond acceptors (Lipinski definition) is 21. The molecule has 2 aromatic rings. The van der Waals surface area contributed by atoms with Crippen LogP contribution in [-0.2, 0) is 84.8 Å². The molecule has 2 aromatic carbocycles. The largest absolute Gasteiger partial charge is 0.508 e. The number of amides is 12. The minimum Gasteiger partial charge on any atom is -0.508 e. The topological polar surface area (TPSA) is 606 Å². The van der Waals surface area contributed by atoms with Crippen molar-refractivity contribution in [1.82, 2.24) is 63.8 Å². The van der Waals surface area contributed by atoms with E-state index in [1.165, 1.54) is 31.2 Å². The van der Waals surface area contributed by atoms with Crippen LogP contribution in [0.1, 0.15) is 136 Å². The Balaban J connectivity index is 2.36. The summed E-state index contributed by atoms with van der Waals surface area (Å²) < 4.78 is 0. The van der Waals surface area contributed by atoms with E-state index in [4.69, 9.17) is 28.0 Å². The normalized spacial score (nSPS) is 14.8. The van der Waals surface area contributed by atoms with Crippen molar-refractivity contribution in [2.75, 3.05) is 39.3 Å². The van der Waals surface area contributed by atoms with Gasteiger partial charge in [-0.05, 0) is 126 Å². The van der Waals surface area contributed by atoms with Gasteiger partial charge in [0, 0.05) is 19.3 Å². The number of aliphatic hydroxyl groups is 1. The predicted molar refractivity (Wildman–Crippen MR) is 372 cm³/mol. The molecule has 574 valence electrons. The lowest BCUT2D eigenvalue weighted by Crippen LogP contribution is -2.61. The minimum atomic E-state index is -1.70. The van der Waals surface area contributed by atoms with Gasteiger partial charge in [-0.3, -0.25) is 67.1 Å². The van der Waals surface area contributed by atoms with Crippen LogP contribution < -0.4 is 86.7 Å². The Kier molecular flexibility index (Phi) is 41.6. The number of nitrogens with one attached hydrogen (secondary N) is 12. The molecule has 0 aliphatic heterocycles. The van der Waals surface area contributed by atoms with E-state index in [0.717, 1.165) is 0 Å². The van der Waals surface area contributed by atoms with Crippen molar-refractivity contribution in [1.29, 1.82) is 0 Å². The number of aliphatic hydroxyl groups excluding tert-OH is 1. The van der Waals surface area contributed by atoms with Crippen molar-refractivity contribution < 1.29 is 97.5 Å². The summed E-state index contributed by atoms with van der Waals surface area (Å²) in [6.45, 7) is 6.09. The number of phenols is 1.